The van der Waals surface area contributed by atoms with Gasteiger partial charge < -0.3 is 9.47 Å². The molecule has 0 bridgehead atoms. The van der Waals surface area contributed by atoms with Gasteiger partial charge in [-0.1, -0.05) is 18.2 Å². The third-order valence-corrected chi connectivity index (χ3v) is 2.88. The molecule has 0 amide bonds. The van der Waals surface area contributed by atoms with Crippen molar-refractivity contribution >= 4 is 5.97 Å². The monoisotopic (exact) mass is 271 g/mol. The molecule has 0 saturated carbocycles. The number of hydrogen-bond acceptors (Lipinski definition) is 4. The molecule has 1 aromatic heterocycles. The highest BCUT2D eigenvalue weighted by Crippen LogP contribution is 2.14. The molecule has 0 aliphatic heterocycles. The quantitative estimate of drug-likeness (QED) is 0.758. The molecule has 0 radical (unpaired) electrons. The fourth-order valence-corrected chi connectivity index (χ4v) is 1.74. The molecule has 0 spiro atoms. The predicted molar refractivity (Wildman–Crippen MR) is 75.3 cm³/mol. The van der Waals surface area contributed by atoms with Gasteiger partial charge >= 0.3 is 5.97 Å². The maximum absolute atomic E-state index is 11.1. The number of benzene rings is 1. The van der Waals surface area contributed by atoms with Crippen LogP contribution in [-0.2, 0) is 22.6 Å². The third kappa shape index (κ3) is 4.39. The molecule has 4 nitrogen and oxygen atoms in total. The number of hydrogen-bond donors (Lipinski definition) is 0. The Hall–Kier alpha value is -2.36. The van der Waals surface area contributed by atoms with E-state index in [0.717, 1.165) is 17.0 Å². The van der Waals surface area contributed by atoms with E-state index >= 15 is 0 Å². The fourth-order valence-electron chi connectivity index (χ4n) is 1.74. The second-order valence-corrected chi connectivity index (χ2v) is 4.33. The summed E-state index contributed by atoms with van der Waals surface area (Å²) in [7, 11) is 1.40. The van der Waals surface area contributed by atoms with Gasteiger partial charge in [-0.2, -0.15) is 0 Å². The molecule has 0 atom stereocenters. The molecule has 0 aliphatic rings. The van der Waals surface area contributed by atoms with Crippen molar-refractivity contribution in [1.82, 2.24) is 4.98 Å². The van der Waals surface area contributed by atoms with E-state index in [1.165, 1.54) is 7.11 Å². The number of rotatable bonds is 6. The molecule has 0 fully saturated rings. The molecule has 104 valence electrons. The standard InChI is InChI=1S/C16H17NO3/c1-19-16(18)10-7-13-5-8-15(9-6-13)20-12-14-4-2-3-11-17-14/h2-6,8-9,11H,7,10,12H2,1H3. The molecule has 0 aliphatic carbocycles. The average Bonchev–Trinajstić information content (AvgIpc) is 2.52. The van der Waals surface area contributed by atoms with Gasteiger partial charge in [-0.15, -0.1) is 0 Å². The lowest BCUT2D eigenvalue weighted by Crippen LogP contribution is -2.02. The first-order chi connectivity index (χ1) is 9.78. The molecule has 1 aromatic carbocycles. The van der Waals surface area contributed by atoms with Crippen LogP contribution in [0.4, 0.5) is 0 Å². The summed E-state index contributed by atoms with van der Waals surface area (Å²) in [6.07, 6.45) is 2.81. The lowest BCUT2D eigenvalue weighted by Gasteiger charge is -2.06. The van der Waals surface area contributed by atoms with Crippen LogP contribution in [0.5, 0.6) is 5.75 Å². The lowest BCUT2D eigenvalue weighted by atomic mass is 10.1. The number of methoxy groups -OCH3 is 1. The van der Waals surface area contributed by atoms with E-state index < -0.39 is 0 Å². The minimum absolute atomic E-state index is 0.194. The summed E-state index contributed by atoms with van der Waals surface area (Å²) >= 11 is 0. The van der Waals surface area contributed by atoms with Crippen molar-refractivity contribution in [3.05, 3.63) is 59.9 Å². The van der Waals surface area contributed by atoms with Crippen molar-refractivity contribution in [2.75, 3.05) is 7.11 Å². The maximum Gasteiger partial charge on any atom is 0.305 e. The lowest BCUT2D eigenvalue weighted by molar-refractivity contribution is -0.140. The summed E-state index contributed by atoms with van der Waals surface area (Å²) < 4.78 is 10.3. The van der Waals surface area contributed by atoms with Crippen molar-refractivity contribution < 1.29 is 14.3 Å². The number of ether oxygens (including phenoxy) is 2. The van der Waals surface area contributed by atoms with Gasteiger partial charge in [0, 0.05) is 12.6 Å². The Bertz CT molecular complexity index is 537. The van der Waals surface area contributed by atoms with Gasteiger partial charge in [-0.3, -0.25) is 9.78 Å². The van der Waals surface area contributed by atoms with E-state index in [1.807, 2.05) is 42.5 Å². The Kier molecular flexibility index (Phi) is 5.12. The zero-order chi connectivity index (χ0) is 14.2. The first-order valence-electron chi connectivity index (χ1n) is 6.46. The van der Waals surface area contributed by atoms with E-state index in [-0.39, 0.29) is 5.97 Å². The summed E-state index contributed by atoms with van der Waals surface area (Å²) in [5.74, 6) is 0.595. The minimum Gasteiger partial charge on any atom is -0.487 e. The van der Waals surface area contributed by atoms with Crippen LogP contribution in [-0.4, -0.2) is 18.1 Å². The molecule has 1 heterocycles. The highest BCUT2D eigenvalue weighted by atomic mass is 16.5. The van der Waals surface area contributed by atoms with E-state index in [2.05, 4.69) is 9.72 Å². The number of aromatic nitrogens is 1. The van der Waals surface area contributed by atoms with Crippen molar-refractivity contribution in [2.24, 2.45) is 0 Å². The molecular formula is C16H17NO3. The van der Waals surface area contributed by atoms with E-state index in [1.54, 1.807) is 6.20 Å². The number of nitrogens with zero attached hydrogens (tertiary/aromatic N) is 1. The number of aryl methyl sites for hydroxylation is 1. The van der Waals surface area contributed by atoms with Gasteiger partial charge in [0.1, 0.15) is 12.4 Å². The van der Waals surface area contributed by atoms with Gasteiger partial charge in [0.25, 0.3) is 0 Å². The Morgan fingerprint density at radius 2 is 1.95 bits per heavy atom. The second kappa shape index (κ2) is 7.28. The third-order valence-electron chi connectivity index (χ3n) is 2.88. The van der Waals surface area contributed by atoms with Gasteiger partial charge in [0.05, 0.1) is 12.8 Å². The van der Waals surface area contributed by atoms with Crippen molar-refractivity contribution in [3.8, 4) is 5.75 Å². The molecular weight excluding hydrogens is 254 g/mol. The highest BCUT2D eigenvalue weighted by Gasteiger charge is 2.02. The summed E-state index contributed by atoms with van der Waals surface area (Å²) in [6.45, 7) is 0.447. The Labute approximate surface area is 118 Å². The summed E-state index contributed by atoms with van der Waals surface area (Å²) in [5.41, 5.74) is 1.97. The molecule has 0 unspecified atom stereocenters. The van der Waals surface area contributed by atoms with E-state index in [0.29, 0.717) is 19.4 Å². The van der Waals surface area contributed by atoms with Crippen LogP contribution in [0.3, 0.4) is 0 Å². The van der Waals surface area contributed by atoms with Crippen molar-refractivity contribution in [1.29, 1.82) is 0 Å². The number of esters is 1. The molecule has 0 N–H and O–H groups in total. The van der Waals surface area contributed by atoms with Crippen LogP contribution in [0, 0.1) is 0 Å². The Morgan fingerprint density at radius 1 is 1.15 bits per heavy atom. The Balaban J connectivity index is 1.84. The van der Waals surface area contributed by atoms with Crippen LogP contribution in [0.15, 0.2) is 48.7 Å². The number of pyridine rings is 1. The van der Waals surface area contributed by atoms with Gasteiger partial charge in [0.2, 0.25) is 0 Å². The van der Waals surface area contributed by atoms with Gasteiger partial charge in [0.15, 0.2) is 0 Å². The van der Waals surface area contributed by atoms with Gasteiger partial charge in [-0.25, -0.2) is 0 Å². The SMILES string of the molecule is COC(=O)CCc1ccc(OCc2ccccn2)cc1. The number of carbonyl (C=O) groups is 1. The van der Waals surface area contributed by atoms with Crippen LogP contribution in [0.1, 0.15) is 17.7 Å². The van der Waals surface area contributed by atoms with Crippen LogP contribution >= 0.6 is 0 Å². The fraction of sp³-hybridized carbons (Fsp3) is 0.250. The normalized spacial score (nSPS) is 10.1. The largest absolute Gasteiger partial charge is 0.487 e. The predicted octanol–water partition coefficient (Wildman–Crippen LogP) is 2.77. The molecule has 2 aromatic rings. The smallest absolute Gasteiger partial charge is 0.305 e. The first kappa shape index (κ1) is 14.1. The summed E-state index contributed by atoms with van der Waals surface area (Å²) in [4.78, 5) is 15.3. The van der Waals surface area contributed by atoms with E-state index in [4.69, 9.17) is 4.74 Å². The highest BCUT2D eigenvalue weighted by molar-refractivity contribution is 5.69. The summed E-state index contributed by atoms with van der Waals surface area (Å²) in [6, 6.07) is 13.4. The van der Waals surface area contributed by atoms with Crippen molar-refractivity contribution in [2.45, 2.75) is 19.4 Å². The van der Waals surface area contributed by atoms with E-state index in [9.17, 15) is 4.79 Å². The maximum atomic E-state index is 11.1. The molecule has 0 saturated heterocycles. The zero-order valence-corrected chi connectivity index (χ0v) is 11.4. The second-order valence-electron chi connectivity index (χ2n) is 4.33. The topological polar surface area (TPSA) is 48.4 Å². The van der Waals surface area contributed by atoms with Crippen LogP contribution in [0.2, 0.25) is 0 Å². The minimum atomic E-state index is -0.194. The van der Waals surface area contributed by atoms with Crippen molar-refractivity contribution in [3.63, 3.8) is 0 Å². The molecule has 4 heteroatoms. The number of carbonyl (C=O) groups excluding carboxylic acids is 1. The average molecular weight is 271 g/mol. The summed E-state index contributed by atoms with van der Waals surface area (Å²) in [5, 5.41) is 0. The zero-order valence-electron chi connectivity index (χ0n) is 11.4. The van der Waals surface area contributed by atoms with Crippen LogP contribution < -0.4 is 4.74 Å². The molecule has 20 heavy (non-hydrogen) atoms. The molecule has 2 rings (SSSR count). The van der Waals surface area contributed by atoms with Crippen LogP contribution in [0.25, 0.3) is 0 Å². The Morgan fingerprint density at radius 3 is 2.60 bits per heavy atom. The first-order valence-corrected chi connectivity index (χ1v) is 6.46. The van der Waals surface area contributed by atoms with Gasteiger partial charge in [-0.05, 0) is 36.2 Å².